The summed E-state index contributed by atoms with van der Waals surface area (Å²) in [4.78, 5) is 26.7. The van der Waals surface area contributed by atoms with Crippen molar-refractivity contribution in [3.63, 3.8) is 0 Å². The van der Waals surface area contributed by atoms with Crippen LogP contribution in [0.3, 0.4) is 0 Å². The molecule has 1 rings (SSSR count). The Kier molecular flexibility index (Phi) is 56.5. The zero-order valence-corrected chi connectivity index (χ0v) is 54.0. The van der Waals surface area contributed by atoms with Crippen LogP contribution < -0.4 is 5.32 Å². The third kappa shape index (κ3) is 47.0. The first-order valence-corrected chi connectivity index (χ1v) is 34.9. The minimum absolute atomic E-state index is 0.117. The molecule has 0 aliphatic carbocycles. The highest BCUT2D eigenvalue weighted by molar-refractivity contribution is 5.80. The first kappa shape index (κ1) is 78.9. The zero-order chi connectivity index (χ0) is 61.0. The van der Waals surface area contributed by atoms with E-state index in [4.69, 9.17) is 14.2 Å². The van der Waals surface area contributed by atoms with Crippen molar-refractivity contribution in [1.82, 2.24) is 5.32 Å². The summed E-state index contributed by atoms with van der Waals surface area (Å²) in [5, 5.41) is 57.2. The number of allylic oxidation sites excluding steroid dienone is 13. The van der Waals surface area contributed by atoms with Gasteiger partial charge in [0, 0.05) is 6.42 Å². The van der Waals surface area contributed by atoms with Crippen LogP contribution in [-0.4, -0.2) is 99.6 Å². The van der Waals surface area contributed by atoms with Gasteiger partial charge in [0.1, 0.15) is 24.4 Å². The molecule has 1 aliphatic heterocycles. The number of esters is 1. The maximum Gasteiger partial charge on any atom is 0.306 e. The quantitative estimate of drug-likeness (QED) is 0.0195. The van der Waals surface area contributed by atoms with Crippen LogP contribution in [0.4, 0.5) is 0 Å². The highest BCUT2D eigenvalue weighted by atomic mass is 16.7. The molecule has 0 spiro atoms. The van der Waals surface area contributed by atoms with E-state index in [0.29, 0.717) is 12.8 Å². The summed E-state index contributed by atoms with van der Waals surface area (Å²) >= 11 is 0. The second-order valence-corrected chi connectivity index (χ2v) is 23.9. The number of ether oxygens (including phenoxy) is 3. The van der Waals surface area contributed by atoms with Crippen LogP contribution in [0.5, 0.6) is 0 Å². The largest absolute Gasteiger partial charge is 0.454 e. The summed E-state index contributed by atoms with van der Waals surface area (Å²) in [5.41, 5.74) is 0. The Labute approximate surface area is 514 Å². The van der Waals surface area contributed by atoms with Gasteiger partial charge in [0.25, 0.3) is 0 Å². The van der Waals surface area contributed by atoms with Crippen LogP contribution in [0.25, 0.3) is 0 Å². The van der Waals surface area contributed by atoms with E-state index in [-0.39, 0.29) is 19.4 Å². The summed E-state index contributed by atoms with van der Waals surface area (Å²) in [6.45, 7) is 5.75. The molecule has 1 amide bonds. The maximum atomic E-state index is 13.5. The number of aliphatic hydroxyl groups excluding tert-OH is 5. The Bertz CT molecular complexity index is 1690. The Balaban J connectivity index is 2.61. The molecule has 11 heteroatoms. The topological polar surface area (TPSA) is 175 Å². The molecule has 0 aromatic carbocycles. The number of unbranched alkanes of at least 4 members (excludes halogenated alkanes) is 33. The number of carbonyl (C=O) groups is 2. The summed E-state index contributed by atoms with van der Waals surface area (Å²) in [6, 6.07) is -1.03. The van der Waals surface area contributed by atoms with Gasteiger partial charge >= 0.3 is 5.97 Å². The van der Waals surface area contributed by atoms with Crippen molar-refractivity contribution in [3.05, 3.63) is 85.1 Å². The van der Waals surface area contributed by atoms with E-state index in [0.717, 1.165) is 103 Å². The summed E-state index contributed by atoms with van der Waals surface area (Å²) in [7, 11) is 0. The summed E-state index contributed by atoms with van der Waals surface area (Å²) in [6.07, 6.45) is 68.9. The van der Waals surface area contributed by atoms with Crippen molar-refractivity contribution in [3.8, 4) is 0 Å². The van der Waals surface area contributed by atoms with E-state index in [2.05, 4.69) is 99.0 Å². The predicted octanol–water partition coefficient (Wildman–Crippen LogP) is 17.7. The molecule has 1 fully saturated rings. The summed E-state index contributed by atoms with van der Waals surface area (Å²) < 4.78 is 17.7. The fourth-order valence-corrected chi connectivity index (χ4v) is 10.5. The maximum absolute atomic E-state index is 13.5. The Morgan fingerprint density at radius 3 is 1.25 bits per heavy atom. The molecule has 1 saturated heterocycles. The molecular weight excluding hydrogens is 1050 g/mol. The van der Waals surface area contributed by atoms with Gasteiger partial charge in [-0.25, -0.2) is 0 Å². The van der Waals surface area contributed by atoms with Gasteiger partial charge in [-0.2, -0.15) is 0 Å². The molecule has 1 heterocycles. The van der Waals surface area contributed by atoms with Crippen LogP contribution >= 0.6 is 0 Å². The second-order valence-electron chi connectivity index (χ2n) is 23.9. The summed E-state index contributed by atoms with van der Waals surface area (Å²) in [5.74, 6) is -1.20. The predicted molar refractivity (Wildman–Crippen MR) is 352 cm³/mol. The monoisotopic (exact) mass is 1180 g/mol. The second kappa shape index (κ2) is 60.1. The van der Waals surface area contributed by atoms with Gasteiger partial charge in [-0.1, -0.05) is 279 Å². The van der Waals surface area contributed by atoms with Crippen LogP contribution in [0.15, 0.2) is 85.1 Å². The van der Waals surface area contributed by atoms with E-state index in [1.807, 2.05) is 6.08 Å². The van der Waals surface area contributed by atoms with E-state index in [1.54, 1.807) is 6.08 Å². The third-order valence-corrected chi connectivity index (χ3v) is 16.0. The van der Waals surface area contributed by atoms with Gasteiger partial charge in [0.2, 0.25) is 5.91 Å². The molecule has 486 valence electrons. The SMILES string of the molecule is CCCCC/C=C\C/C=C\C/C=C\C/C=C\CCCCCCCCC(O)C(=O)NC(COC1OC(CO)C(O)C(O)C1OC(=O)CCCCCCCCCCCCC/C=C\C/C=C\CCCCC)C(O)/C=C/CCCCCCCCCCCC. The minimum Gasteiger partial charge on any atom is -0.454 e. The lowest BCUT2D eigenvalue weighted by molar-refractivity contribution is -0.305. The van der Waals surface area contributed by atoms with Crippen LogP contribution in [0, 0.1) is 0 Å². The van der Waals surface area contributed by atoms with Crippen molar-refractivity contribution >= 4 is 11.9 Å². The highest BCUT2D eigenvalue weighted by Crippen LogP contribution is 2.26. The van der Waals surface area contributed by atoms with Crippen molar-refractivity contribution < 1.29 is 49.3 Å². The van der Waals surface area contributed by atoms with Gasteiger partial charge in [0.15, 0.2) is 12.4 Å². The number of hydrogen-bond acceptors (Lipinski definition) is 10. The first-order chi connectivity index (χ1) is 41.2. The fourth-order valence-electron chi connectivity index (χ4n) is 10.5. The lowest BCUT2D eigenvalue weighted by Gasteiger charge is -2.41. The third-order valence-electron chi connectivity index (χ3n) is 16.0. The van der Waals surface area contributed by atoms with Crippen molar-refractivity contribution in [2.24, 2.45) is 0 Å². The number of hydrogen-bond donors (Lipinski definition) is 6. The smallest absolute Gasteiger partial charge is 0.306 e. The molecule has 0 radical (unpaired) electrons. The number of aliphatic hydroxyl groups is 5. The lowest BCUT2D eigenvalue weighted by atomic mass is 9.99. The van der Waals surface area contributed by atoms with Gasteiger partial charge in [0.05, 0.1) is 25.4 Å². The Morgan fingerprint density at radius 1 is 0.464 bits per heavy atom. The van der Waals surface area contributed by atoms with Crippen LogP contribution in [-0.2, 0) is 23.8 Å². The molecule has 6 N–H and O–H groups in total. The molecule has 84 heavy (non-hydrogen) atoms. The molecule has 8 atom stereocenters. The standard InChI is InChI=1S/C73H129NO10/c1-4-7-10-13-16-19-22-25-27-29-31-33-35-36-38-40-42-45-48-51-54-57-60-66(77)72(81)74-64(65(76)59-56-53-50-47-44-24-21-18-15-12-9-6-3)63-82-73-71(70(80)69(79)67(62-75)83-73)84-68(78)61-58-55-52-49-46-43-41-39-37-34-32-30-28-26-23-20-17-14-11-8-5-2/h16-17,19-20,25-28,31,33,36,38,56,59,64-67,69-71,73,75-77,79-80H,4-15,18,21-24,29-30,32,34-35,37,39-55,57-58,60-63H2,1-3H3,(H,74,81)/b19-16-,20-17-,27-25-,28-26-,33-31-,38-36-,59-56+. The van der Waals surface area contributed by atoms with Crippen molar-refractivity contribution in [1.29, 1.82) is 0 Å². The molecule has 0 bridgehead atoms. The number of amides is 1. The van der Waals surface area contributed by atoms with E-state index >= 15 is 0 Å². The van der Waals surface area contributed by atoms with Gasteiger partial charge in [-0.15, -0.1) is 0 Å². The number of carbonyl (C=O) groups excluding carboxylic acids is 2. The normalized spacial score (nSPS) is 19.0. The van der Waals surface area contributed by atoms with Crippen LogP contribution in [0.2, 0.25) is 0 Å². The number of nitrogens with one attached hydrogen (secondary N) is 1. The number of rotatable bonds is 59. The molecule has 1 aliphatic rings. The minimum atomic E-state index is -1.62. The molecule has 0 saturated carbocycles. The first-order valence-electron chi connectivity index (χ1n) is 34.9. The van der Waals surface area contributed by atoms with Crippen molar-refractivity contribution in [2.45, 2.75) is 352 Å². The molecule has 0 aromatic rings. The molecule has 11 nitrogen and oxygen atoms in total. The average molecular weight is 1180 g/mol. The Hall–Kier alpha value is -3.16. The van der Waals surface area contributed by atoms with Crippen molar-refractivity contribution in [2.75, 3.05) is 13.2 Å². The van der Waals surface area contributed by atoms with E-state index < -0.39 is 67.4 Å². The molecule has 0 aromatic heterocycles. The van der Waals surface area contributed by atoms with E-state index in [1.165, 1.54) is 154 Å². The highest BCUT2D eigenvalue weighted by Gasteiger charge is 2.47. The molecule has 8 unspecified atom stereocenters. The Morgan fingerprint density at radius 2 is 0.821 bits per heavy atom. The average Bonchev–Trinajstić information content (AvgIpc) is 3.55. The van der Waals surface area contributed by atoms with Crippen LogP contribution in [0.1, 0.15) is 303 Å². The van der Waals surface area contributed by atoms with Gasteiger partial charge in [-0.05, 0) is 103 Å². The zero-order valence-electron chi connectivity index (χ0n) is 54.0. The lowest BCUT2D eigenvalue weighted by Crippen LogP contribution is -2.61. The van der Waals surface area contributed by atoms with E-state index in [9.17, 15) is 35.1 Å². The molecular formula is C73H129NO10. The van der Waals surface area contributed by atoms with Gasteiger partial charge < -0.3 is 45.1 Å². The fraction of sp³-hybridized carbons (Fsp3) is 0.781. The van der Waals surface area contributed by atoms with Gasteiger partial charge in [-0.3, -0.25) is 9.59 Å².